The van der Waals surface area contributed by atoms with Gasteiger partial charge in [-0.3, -0.25) is 287 Å². The Morgan fingerprint density at radius 2 is 0.367 bits per heavy atom. The van der Waals surface area contributed by atoms with Crippen LogP contribution in [-0.2, 0) is 33.8 Å². The summed E-state index contributed by atoms with van der Waals surface area (Å²) in [6.45, 7) is 37.0. The molecule has 0 fully saturated rings. The van der Waals surface area contributed by atoms with Crippen LogP contribution in [0.5, 0.6) is 0 Å². The van der Waals surface area contributed by atoms with E-state index in [0.29, 0.717) is 39.5 Å². The van der Waals surface area contributed by atoms with Crippen molar-refractivity contribution in [2.75, 3.05) is 82.1 Å². The van der Waals surface area contributed by atoms with Gasteiger partial charge in [0, 0.05) is 75.1 Å². The van der Waals surface area contributed by atoms with Crippen molar-refractivity contribution in [1.82, 2.24) is 21.3 Å². The Morgan fingerprint density at radius 1 is 0.248 bits per heavy atom. The van der Waals surface area contributed by atoms with E-state index in [-0.39, 0.29) is 43.4 Å². The van der Waals surface area contributed by atoms with Crippen molar-refractivity contribution in [3.63, 3.8) is 0 Å². The first kappa shape index (κ1) is 269. The number of hydrogen-bond acceptors (Lipinski definition) is 65. The van der Waals surface area contributed by atoms with Crippen molar-refractivity contribution in [2.45, 2.75) is 162 Å². The molecule has 109 heavy (non-hydrogen) atoms. The summed E-state index contributed by atoms with van der Waals surface area (Å²) in [6, 6.07) is -1.74. The number of aliphatic hydroxyl groups excluding tert-OH is 6. The van der Waals surface area contributed by atoms with E-state index in [1.165, 1.54) is 0 Å². The molecule has 0 aromatic rings. The normalized spacial score (nSPS) is 5.71. The fourth-order valence-corrected chi connectivity index (χ4v) is 2.11. The minimum absolute atomic E-state index is 0.115. The molecule has 69 nitrogen and oxygen atoms in total. The summed E-state index contributed by atoms with van der Waals surface area (Å²) < 4.78 is 0. The van der Waals surface area contributed by atoms with Gasteiger partial charge in [0.15, 0.2) is 0 Å². The van der Waals surface area contributed by atoms with Crippen molar-refractivity contribution in [3.05, 3.63) is 0 Å². The molecule has 69 heteroatoms. The van der Waals surface area contributed by atoms with Crippen LogP contribution in [0.1, 0.15) is 150 Å². The summed E-state index contributed by atoms with van der Waals surface area (Å²) in [5.41, 5.74) is 5.78. The molecule has 0 aromatic carbocycles. The van der Waals surface area contributed by atoms with Crippen LogP contribution < -0.4 is 27.0 Å². The third kappa shape index (κ3) is 1230. The molecular weight excluding hydrogens is 1570 g/mol. The number of carbonyl (C=O) groups excluding carboxylic acids is 4. The van der Waals surface area contributed by atoms with E-state index >= 15 is 0 Å². The summed E-state index contributed by atoms with van der Waals surface area (Å²) in [5.74, 6) is -1.25. The van der Waals surface area contributed by atoms with E-state index in [0.717, 1.165) is 42.7 Å². The standard InChI is InChI=1S/C16H31N5O4.3C2H6O2.6C2H6.6CH4O.24H2O2/c1-4-18-13(22)9-7-11(17)15(24)21-12(16(25)20-6-3)8-10-14(23)19-5-2;3*1-2-4-3;36*1-2/h11-12H,4-10,17H2,1-3H3,(H,18,22)(H,19,23)(H,20,25)(H,21,24);3*3H,2H2,1H3;6*1-2H3;6*2H,1H3;24*1-2H. The van der Waals surface area contributed by atoms with E-state index < -0.39 is 18.0 Å². The molecule has 0 aliphatic heterocycles. The highest BCUT2D eigenvalue weighted by atomic mass is 17.1. The number of carbonyl (C=O) groups is 4. The smallest absolute Gasteiger partial charge is 0.242 e. The Kier molecular flexibility index (Phi) is 2890. The van der Waals surface area contributed by atoms with Gasteiger partial charge in [-0.05, 0) is 54.4 Å². The fraction of sp³-hybridized carbons (Fsp3) is 0.900. The minimum atomic E-state index is -0.899. The van der Waals surface area contributed by atoms with Crippen LogP contribution in [0.4, 0.5) is 0 Å². The fourth-order valence-electron chi connectivity index (χ4n) is 2.11. The second-order valence-corrected chi connectivity index (χ2v) is 6.80. The number of rotatable bonds is 15. The first-order valence-corrected chi connectivity index (χ1v) is 25.7. The summed E-state index contributed by atoms with van der Waals surface area (Å²) in [5, 5.41) is 363. The van der Waals surface area contributed by atoms with Crippen LogP contribution in [0.15, 0.2) is 0 Å². The SMILES string of the molecule is CC.CC.CC.CC.CC.CC.CCNC(=O)CCC(N)C(=O)NC(CCC(=O)NCC)C(=O)NCC.CCOO.CCOO.CCOO.CO.CO.CO.CO.CO.CO.OO.OO.OO.OO.OO.OO.OO.OO.OO.OO.OO.OO.OO.OO.OO.OO.OO.OO.OO.OO.OO.OO.OO.OO. The zero-order valence-corrected chi connectivity index (χ0v) is 65.2. The Bertz CT molecular complexity index is 620. The number of nitrogens with one attached hydrogen (secondary N) is 4. The maximum Gasteiger partial charge on any atom is 0.242 e. The predicted octanol–water partition coefficient (Wildman–Crippen LogP) is 4.48. The van der Waals surface area contributed by atoms with Crippen LogP contribution in [-0.4, -0.2) is 417 Å². The number of aliphatic hydroxyl groups is 6. The second kappa shape index (κ2) is 1170. The lowest BCUT2D eigenvalue weighted by Gasteiger charge is -2.20. The van der Waals surface area contributed by atoms with Crippen molar-refractivity contribution in [3.8, 4) is 0 Å². The number of likely N-dealkylation sites (N-methyl/N-ethyl adjacent to an activating group) is 1. The number of hydrogen-bond donors (Lipinski definition) is 62. The van der Waals surface area contributed by atoms with E-state index in [1.807, 2.05) is 83.1 Å². The lowest BCUT2D eigenvalue weighted by Crippen LogP contribution is -2.52. The third-order valence-electron chi connectivity index (χ3n) is 3.80. The summed E-state index contributed by atoms with van der Waals surface area (Å²) in [7, 11) is 6.00. The number of nitrogens with two attached hydrogens (primary N) is 1. The molecule has 0 saturated carbocycles. The molecule has 0 radical (unpaired) electrons. The van der Waals surface area contributed by atoms with E-state index in [2.05, 4.69) is 35.9 Å². The highest BCUT2D eigenvalue weighted by Crippen LogP contribution is 2.02. The van der Waals surface area contributed by atoms with Gasteiger partial charge in [-0.15, -0.1) is 0 Å². The van der Waals surface area contributed by atoms with Crippen LogP contribution in [0.25, 0.3) is 0 Å². The Morgan fingerprint density at radius 3 is 0.477 bits per heavy atom. The first-order chi connectivity index (χ1) is 53.6. The summed E-state index contributed by atoms with van der Waals surface area (Å²) >= 11 is 0. The van der Waals surface area contributed by atoms with E-state index in [4.69, 9.17) is 304 Å². The predicted molar refractivity (Wildman–Crippen MR) is 380 cm³/mol. The maximum atomic E-state index is 12.2. The van der Waals surface area contributed by atoms with Gasteiger partial charge >= 0.3 is 0 Å². The van der Waals surface area contributed by atoms with Gasteiger partial charge in [-0.1, -0.05) is 83.1 Å². The lowest BCUT2D eigenvalue weighted by molar-refractivity contribution is -0.237. The molecular formula is C40H157N5O64. The van der Waals surface area contributed by atoms with Gasteiger partial charge < -0.3 is 57.6 Å². The average molecular weight is 1730 g/mol. The Labute approximate surface area is 627 Å². The highest BCUT2D eigenvalue weighted by Gasteiger charge is 2.24. The molecule has 0 saturated heterocycles. The zero-order valence-electron chi connectivity index (χ0n) is 65.2. The van der Waals surface area contributed by atoms with Gasteiger partial charge in [0.2, 0.25) is 23.6 Å². The van der Waals surface area contributed by atoms with E-state index in [9.17, 15) is 19.2 Å². The Hall–Kier alpha value is -4.56. The molecule has 0 heterocycles. The van der Waals surface area contributed by atoms with Crippen LogP contribution in [0, 0.1) is 0 Å². The Balaban J connectivity index is -0.0000000129. The average Bonchev–Trinajstić information content (AvgIpc) is 0.905. The van der Waals surface area contributed by atoms with Crippen molar-refractivity contribution in [2.24, 2.45) is 5.73 Å². The van der Waals surface area contributed by atoms with Gasteiger partial charge in [0.25, 0.3) is 0 Å². The minimum Gasteiger partial charge on any atom is -0.400 e. The quantitative estimate of drug-likeness (QED) is 0.0793. The molecule has 63 N–H and O–H groups in total. The molecule has 726 valence electrons. The van der Waals surface area contributed by atoms with Crippen molar-refractivity contribution < 1.29 is 333 Å². The maximum absolute atomic E-state index is 12.2. The van der Waals surface area contributed by atoms with Crippen LogP contribution in [0.2, 0.25) is 0 Å². The molecule has 0 bridgehead atoms. The van der Waals surface area contributed by atoms with E-state index in [1.54, 1.807) is 41.5 Å². The van der Waals surface area contributed by atoms with Gasteiger partial charge in [0.1, 0.15) is 6.04 Å². The second-order valence-electron chi connectivity index (χ2n) is 6.80. The van der Waals surface area contributed by atoms with Crippen molar-refractivity contribution >= 4 is 23.6 Å². The van der Waals surface area contributed by atoms with Crippen LogP contribution in [0.3, 0.4) is 0 Å². The van der Waals surface area contributed by atoms with Crippen LogP contribution >= 0.6 is 0 Å². The monoisotopic (exact) mass is 1730 g/mol. The largest absolute Gasteiger partial charge is 0.400 e. The molecule has 0 aliphatic rings. The molecule has 4 amide bonds. The molecule has 0 rings (SSSR count). The van der Waals surface area contributed by atoms with Gasteiger partial charge in [-0.2, -0.15) is 0 Å². The molecule has 0 aromatic heterocycles. The third-order valence-corrected chi connectivity index (χ3v) is 3.80. The van der Waals surface area contributed by atoms with Gasteiger partial charge in [0.05, 0.1) is 25.9 Å². The highest BCUT2D eigenvalue weighted by molar-refractivity contribution is 5.90. The topological polar surface area (TPSA) is 1320 Å². The van der Waals surface area contributed by atoms with Crippen molar-refractivity contribution in [1.29, 1.82) is 0 Å². The molecule has 2 atom stereocenters. The molecule has 2 unspecified atom stereocenters. The lowest BCUT2D eigenvalue weighted by atomic mass is 10.1. The summed E-state index contributed by atoms with van der Waals surface area (Å²) in [4.78, 5) is 57.8. The zero-order chi connectivity index (χ0) is 101. The molecule has 0 aliphatic carbocycles. The molecule has 0 spiro atoms. The summed E-state index contributed by atoms with van der Waals surface area (Å²) in [6.07, 6.45) is 0.597. The van der Waals surface area contributed by atoms with Gasteiger partial charge in [-0.25, -0.2) is 14.7 Å². The first-order valence-electron chi connectivity index (χ1n) is 25.7. The number of amides is 4.